The molecule has 1 saturated heterocycles. The molecule has 0 spiro atoms. The fourth-order valence-corrected chi connectivity index (χ4v) is 4.87. The number of carbonyl (C=O) groups excluding carboxylic acids is 2. The van der Waals surface area contributed by atoms with Gasteiger partial charge in [0.2, 0.25) is 18.6 Å². The predicted molar refractivity (Wildman–Crippen MR) is 134 cm³/mol. The Labute approximate surface area is 211 Å². The summed E-state index contributed by atoms with van der Waals surface area (Å²) in [5, 5.41) is 2.50. The molecule has 0 aromatic heterocycles. The molecule has 36 heavy (non-hydrogen) atoms. The molecular formula is C26H22FN3O5S. The number of methoxy groups -OCH3 is 1. The maximum Gasteiger partial charge on any atom is 0.238 e. The standard InChI is InChI=1S/C26H22FN3O5S/c1-33-20-4-2-3-19(12-20)28-25(32)23-13-24(31)30(14-16-5-10-21-22(11-16)35-15-34-21)26(36-23)29-18-8-6-17(27)7-9-18/h2-12,23H,13-15H2,1H3,(H,28,32). The minimum Gasteiger partial charge on any atom is -0.497 e. The van der Waals surface area contributed by atoms with Gasteiger partial charge in [0.1, 0.15) is 16.8 Å². The number of rotatable bonds is 6. The van der Waals surface area contributed by atoms with E-state index in [4.69, 9.17) is 14.2 Å². The van der Waals surface area contributed by atoms with E-state index >= 15 is 0 Å². The fraction of sp³-hybridized carbons (Fsp3) is 0.192. The third-order valence-electron chi connectivity index (χ3n) is 5.60. The number of amidine groups is 1. The summed E-state index contributed by atoms with van der Waals surface area (Å²) in [7, 11) is 1.55. The quantitative estimate of drug-likeness (QED) is 0.519. The molecule has 1 unspecified atom stereocenters. The summed E-state index contributed by atoms with van der Waals surface area (Å²) in [6.45, 7) is 0.380. The van der Waals surface area contributed by atoms with E-state index in [0.29, 0.717) is 33.8 Å². The average molecular weight is 508 g/mol. The van der Waals surface area contributed by atoms with Crippen LogP contribution in [0.2, 0.25) is 0 Å². The largest absolute Gasteiger partial charge is 0.497 e. The van der Waals surface area contributed by atoms with Crippen LogP contribution in [0.4, 0.5) is 15.8 Å². The van der Waals surface area contributed by atoms with E-state index in [-0.39, 0.29) is 37.4 Å². The van der Waals surface area contributed by atoms with Crippen molar-refractivity contribution in [2.45, 2.75) is 18.2 Å². The smallest absolute Gasteiger partial charge is 0.238 e. The Bertz CT molecular complexity index is 1330. The highest BCUT2D eigenvalue weighted by Gasteiger charge is 2.36. The molecule has 0 bridgehead atoms. The first kappa shape index (κ1) is 23.7. The van der Waals surface area contributed by atoms with Crippen LogP contribution in [0, 0.1) is 5.82 Å². The zero-order valence-corrected chi connectivity index (χ0v) is 20.1. The highest BCUT2D eigenvalue weighted by molar-refractivity contribution is 8.15. The van der Waals surface area contributed by atoms with E-state index in [2.05, 4.69) is 10.3 Å². The Morgan fingerprint density at radius 1 is 1.14 bits per heavy atom. The van der Waals surface area contributed by atoms with Crippen LogP contribution < -0.4 is 19.5 Å². The molecular weight excluding hydrogens is 485 g/mol. The first-order valence-electron chi connectivity index (χ1n) is 11.1. The molecule has 1 N–H and O–H groups in total. The van der Waals surface area contributed by atoms with Crippen molar-refractivity contribution in [1.82, 2.24) is 4.90 Å². The van der Waals surface area contributed by atoms with Gasteiger partial charge in [0.25, 0.3) is 0 Å². The molecule has 0 saturated carbocycles. The number of anilines is 1. The lowest BCUT2D eigenvalue weighted by atomic mass is 10.1. The summed E-state index contributed by atoms with van der Waals surface area (Å²) in [6, 6.07) is 18.1. The number of halogens is 1. The number of thioether (sulfide) groups is 1. The summed E-state index contributed by atoms with van der Waals surface area (Å²) in [4.78, 5) is 32.5. The molecule has 5 rings (SSSR count). The van der Waals surface area contributed by atoms with Gasteiger partial charge in [-0.05, 0) is 54.1 Å². The zero-order valence-electron chi connectivity index (χ0n) is 19.3. The second-order valence-corrected chi connectivity index (χ2v) is 9.24. The van der Waals surface area contributed by atoms with Gasteiger partial charge in [-0.3, -0.25) is 14.5 Å². The minimum absolute atomic E-state index is 0.00649. The molecule has 10 heteroatoms. The number of benzene rings is 3. The Morgan fingerprint density at radius 2 is 1.94 bits per heavy atom. The van der Waals surface area contributed by atoms with Crippen LogP contribution in [-0.4, -0.2) is 41.0 Å². The van der Waals surface area contributed by atoms with Crippen molar-refractivity contribution in [3.8, 4) is 17.2 Å². The lowest BCUT2D eigenvalue weighted by molar-refractivity contribution is -0.129. The summed E-state index contributed by atoms with van der Waals surface area (Å²) in [5.74, 6) is 0.895. The molecule has 3 aromatic rings. The first-order valence-corrected chi connectivity index (χ1v) is 12.0. The van der Waals surface area contributed by atoms with Gasteiger partial charge >= 0.3 is 0 Å². The van der Waals surface area contributed by atoms with Gasteiger partial charge in [-0.15, -0.1) is 0 Å². The summed E-state index contributed by atoms with van der Waals surface area (Å²) in [5.41, 5.74) is 1.85. The van der Waals surface area contributed by atoms with E-state index in [1.807, 2.05) is 12.1 Å². The van der Waals surface area contributed by atoms with E-state index in [0.717, 1.165) is 5.56 Å². The van der Waals surface area contributed by atoms with Crippen molar-refractivity contribution >= 4 is 40.1 Å². The lowest BCUT2D eigenvalue weighted by Gasteiger charge is -2.32. The molecule has 2 heterocycles. The van der Waals surface area contributed by atoms with Gasteiger partial charge in [0, 0.05) is 18.2 Å². The van der Waals surface area contributed by atoms with E-state index in [1.165, 1.54) is 40.9 Å². The lowest BCUT2D eigenvalue weighted by Crippen LogP contribution is -2.44. The van der Waals surface area contributed by atoms with Crippen molar-refractivity contribution in [2.24, 2.45) is 4.99 Å². The molecule has 0 radical (unpaired) electrons. The average Bonchev–Trinajstić information content (AvgIpc) is 3.35. The molecule has 3 aromatic carbocycles. The number of ether oxygens (including phenoxy) is 3. The zero-order chi connectivity index (χ0) is 25.1. The topological polar surface area (TPSA) is 89.5 Å². The van der Waals surface area contributed by atoms with E-state index in [9.17, 15) is 14.0 Å². The predicted octanol–water partition coefficient (Wildman–Crippen LogP) is 4.72. The number of fused-ring (bicyclic) bond motifs is 1. The Kier molecular flexibility index (Phi) is 6.77. The molecule has 0 aliphatic carbocycles. The van der Waals surface area contributed by atoms with Crippen LogP contribution in [-0.2, 0) is 16.1 Å². The van der Waals surface area contributed by atoms with E-state index < -0.39 is 5.25 Å². The minimum atomic E-state index is -0.698. The van der Waals surface area contributed by atoms with Crippen LogP contribution in [0.25, 0.3) is 0 Å². The SMILES string of the molecule is COc1cccc(NC(=O)C2CC(=O)N(Cc3ccc4c(c3)OCO4)C(=Nc3ccc(F)cc3)S2)c1. The molecule has 1 fully saturated rings. The Balaban J connectivity index is 1.40. The summed E-state index contributed by atoms with van der Waals surface area (Å²) in [6.07, 6.45) is -0.00649. The molecule has 1 atom stereocenters. The number of nitrogens with zero attached hydrogens (tertiary/aromatic N) is 2. The van der Waals surface area contributed by atoms with Crippen molar-refractivity contribution in [3.63, 3.8) is 0 Å². The van der Waals surface area contributed by atoms with Gasteiger partial charge < -0.3 is 19.5 Å². The van der Waals surface area contributed by atoms with Crippen LogP contribution in [0.5, 0.6) is 17.2 Å². The van der Waals surface area contributed by atoms with Gasteiger partial charge in [-0.2, -0.15) is 0 Å². The monoisotopic (exact) mass is 507 g/mol. The molecule has 2 amide bonds. The maximum absolute atomic E-state index is 13.4. The number of aliphatic imine (C=N–C) groups is 1. The number of carbonyl (C=O) groups is 2. The van der Waals surface area contributed by atoms with Crippen LogP contribution in [0.1, 0.15) is 12.0 Å². The second-order valence-electron chi connectivity index (χ2n) is 8.07. The van der Waals surface area contributed by atoms with Crippen molar-refractivity contribution in [1.29, 1.82) is 0 Å². The Hall–Kier alpha value is -4.05. The third-order valence-corrected chi connectivity index (χ3v) is 6.79. The van der Waals surface area contributed by atoms with Crippen molar-refractivity contribution in [3.05, 3.63) is 78.1 Å². The molecule has 184 valence electrons. The summed E-state index contributed by atoms with van der Waals surface area (Å²) >= 11 is 1.19. The second kappa shape index (κ2) is 10.3. The molecule has 2 aliphatic rings. The van der Waals surface area contributed by atoms with E-state index in [1.54, 1.807) is 37.4 Å². The number of amides is 2. The first-order chi connectivity index (χ1) is 17.5. The highest BCUT2D eigenvalue weighted by atomic mass is 32.2. The number of hydrogen-bond acceptors (Lipinski definition) is 7. The number of hydrogen-bond donors (Lipinski definition) is 1. The highest BCUT2D eigenvalue weighted by Crippen LogP contribution is 2.35. The normalized spacial score (nSPS) is 17.8. The maximum atomic E-state index is 13.4. The van der Waals surface area contributed by atoms with Crippen LogP contribution in [0.3, 0.4) is 0 Å². The third kappa shape index (κ3) is 5.28. The van der Waals surface area contributed by atoms with Gasteiger partial charge in [0.05, 0.1) is 19.3 Å². The number of nitrogens with one attached hydrogen (secondary N) is 1. The fourth-order valence-electron chi connectivity index (χ4n) is 3.77. The van der Waals surface area contributed by atoms with Gasteiger partial charge in [0.15, 0.2) is 16.7 Å². The Morgan fingerprint density at radius 3 is 2.75 bits per heavy atom. The van der Waals surface area contributed by atoms with Gasteiger partial charge in [-0.1, -0.05) is 23.9 Å². The molecule has 2 aliphatic heterocycles. The van der Waals surface area contributed by atoms with Crippen LogP contribution in [0.15, 0.2) is 71.7 Å². The van der Waals surface area contributed by atoms with Gasteiger partial charge in [-0.25, -0.2) is 9.38 Å². The van der Waals surface area contributed by atoms with Crippen molar-refractivity contribution < 1.29 is 28.2 Å². The van der Waals surface area contributed by atoms with Crippen molar-refractivity contribution in [2.75, 3.05) is 19.2 Å². The van der Waals surface area contributed by atoms with Crippen LogP contribution >= 0.6 is 11.8 Å². The summed E-state index contributed by atoms with van der Waals surface area (Å²) < 4.78 is 29.5. The molecule has 8 nitrogen and oxygen atoms in total.